The Balaban J connectivity index is 1.86. The molecule has 1 aromatic carbocycles. The van der Waals surface area contributed by atoms with Gasteiger partial charge in [-0.05, 0) is 31.9 Å². The minimum atomic E-state index is -1.10. The van der Waals surface area contributed by atoms with Crippen molar-refractivity contribution in [1.29, 1.82) is 0 Å². The number of aryl methyl sites for hydroxylation is 1. The summed E-state index contributed by atoms with van der Waals surface area (Å²) in [6.07, 6.45) is -1.10. The lowest BCUT2D eigenvalue weighted by molar-refractivity contribution is -0.145. The summed E-state index contributed by atoms with van der Waals surface area (Å²) in [4.78, 5) is 51.1. The average molecular weight is 415 g/mol. The highest BCUT2D eigenvalue weighted by Crippen LogP contribution is 2.20. The number of ketones is 1. The highest BCUT2D eigenvalue weighted by Gasteiger charge is 2.27. The molecule has 1 aromatic heterocycles. The summed E-state index contributed by atoms with van der Waals surface area (Å²) >= 11 is 0. The molecule has 30 heavy (non-hydrogen) atoms. The fourth-order valence-corrected chi connectivity index (χ4v) is 2.89. The van der Waals surface area contributed by atoms with Crippen molar-refractivity contribution in [2.24, 2.45) is 0 Å². The number of ether oxygens (including phenoxy) is 2. The summed E-state index contributed by atoms with van der Waals surface area (Å²) in [7, 11) is 1.25. The SMILES string of the molecule is COC(=O)c1c(C)[nH]c(C(=O)C(C)OC(=O)CNC(=O)NCc2ccccc2)c1C. The van der Waals surface area contributed by atoms with Gasteiger partial charge >= 0.3 is 18.0 Å². The van der Waals surface area contributed by atoms with Crippen LogP contribution in [0.15, 0.2) is 30.3 Å². The van der Waals surface area contributed by atoms with Gasteiger partial charge in [0.05, 0.1) is 18.4 Å². The number of nitrogens with one attached hydrogen (secondary N) is 3. The second-order valence-electron chi connectivity index (χ2n) is 6.63. The number of esters is 2. The molecule has 0 radical (unpaired) electrons. The Bertz CT molecular complexity index is 936. The van der Waals surface area contributed by atoms with E-state index in [1.807, 2.05) is 30.3 Å². The fraction of sp³-hybridized carbons (Fsp3) is 0.333. The van der Waals surface area contributed by atoms with Crippen molar-refractivity contribution in [2.75, 3.05) is 13.7 Å². The molecular formula is C21H25N3O6. The topological polar surface area (TPSA) is 127 Å². The molecule has 0 bridgehead atoms. The van der Waals surface area contributed by atoms with Gasteiger partial charge in [-0.1, -0.05) is 30.3 Å². The molecule has 1 unspecified atom stereocenters. The Morgan fingerprint density at radius 3 is 2.37 bits per heavy atom. The van der Waals surface area contributed by atoms with E-state index in [2.05, 4.69) is 15.6 Å². The average Bonchev–Trinajstić information content (AvgIpc) is 3.04. The smallest absolute Gasteiger partial charge is 0.339 e. The Labute approximate surface area is 174 Å². The number of aromatic nitrogens is 1. The maximum atomic E-state index is 12.6. The van der Waals surface area contributed by atoms with E-state index < -0.39 is 36.4 Å². The molecule has 0 saturated carbocycles. The molecule has 1 heterocycles. The maximum absolute atomic E-state index is 12.6. The number of H-pyrrole nitrogens is 1. The van der Waals surface area contributed by atoms with E-state index >= 15 is 0 Å². The normalized spacial score (nSPS) is 11.3. The number of hydrogen-bond acceptors (Lipinski definition) is 6. The number of aromatic amines is 1. The van der Waals surface area contributed by atoms with Crippen LogP contribution in [0, 0.1) is 13.8 Å². The second-order valence-corrected chi connectivity index (χ2v) is 6.63. The number of Topliss-reactive ketones (excluding diaryl/α,β-unsaturated/α-hetero) is 1. The van der Waals surface area contributed by atoms with Crippen LogP contribution in [0.3, 0.4) is 0 Å². The summed E-state index contributed by atoms with van der Waals surface area (Å²) < 4.78 is 9.82. The molecule has 160 valence electrons. The van der Waals surface area contributed by atoms with Crippen molar-refractivity contribution in [3.05, 3.63) is 58.4 Å². The molecular weight excluding hydrogens is 390 g/mol. The highest BCUT2D eigenvalue weighted by atomic mass is 16.5. The molecule has 2 amide bonds. The quantitative estimate of drug-likeness (QED) is 0.447. The molecule has 9 heteroatoms. The Morgan fingerprint density at radius 1 is 1.07 bits per heavy atom. The van der Waals surface area contributed by atoms with Gasteiger partial charge in [0.2, 0.25) is 5.78 Å². The van der Waals surface area contributed by atoms with Gasteiger partial charge in [-0.3, -0.25) is 9.59 Å². The van der Waals surface area contributed by atoms with Gasteiger partial charge in [0, 0.05) is 12.2 Å². The number of urea groups is 1. The highest BCUT2D eigenvalue weighted by molar-refractivity contribution is 6.04. The van der Waals surface area contributed by atoms with Crippen molar-refractivity contribution in [1.82, 2.24) is 15.6 Å². The van der Waals surface area contributed by atoms with E-state index in [1.54, 1.807) is 13.8 Å². The van der Waals surface area contributed by atoms with Gasteiger partial charge in [0.15, 0.2) is 6.10 Å². The second kappa shape index (κ2) is 10.2. The standard InChI is InChI=1S/C21H25N3O6/c1-12-17(20(27)29-4)13(2)24-18(12)19(26)14(3)30-16(25)11-23-21(28)22-10-15-8-6-5-7-9-15/h5-9,14,24H,10-11H2,1-4H3,(H2,22,23,28). The first-order valence-corrected chi connectivity index (χ1v) is 9.31. The molecule has 0 saturated heterocycles. The van der Waals surface area contributed by atoms with Crippen LogP contribution in [-0.4, -0.2) is 48.5 Å². The van der Waals surface area contributed by atoms with Crippen LogP contribution in [-0.2, 0) is 20.8 Å². The van der Waals surface area contributed by atoms with Gasteiger partial charge in [-0.15, -0.1) is 0 Å². The summed E-state index contributed by atoms with van der Waals surface area (Å²) in [5, 5.41) is 4.99. The molecule has 0 aliphatic rings. The zero-order chi connectivity index (χ0) is 22.3. The Morgan fingerprint density at radius 2 is 1.73 bits per heavy atom. The van der Waals surface area contributed by atoms with Crippen LogP contribution in [0.5, 0.6) is 0 Å². The van der Waals surface area contributed by atoms with Gasteiger partial charge in [0.1, 0.15) is 6.54 Å². The first-order valence-electron chi connectivity index (χ1n) is 9.31. The van der Waals surface area contributed by atoms with E-state index in [1.165, 1.54) is 14.0 Å². The zero-order valence-electron chi connectivity index (χ0n) is 17.3. The first-order chi connectivity index (χ1) is 14.2. The van der Waals surface area contributed by atoms with Crippen molar-refractivity contribution in [2.45, 2.75) is 33.4 Å². The molecule has 0 aliphatic heterocycles. The Kier molecular flexibility index (Phi) is 7.74. The van der Waals surface area contributed by atoms with Crippen LogP contribution >= 0.6 is 0 Å². The van der Waals surface area contributed by atoms with Crippen molar-refractivity contribution in [3.63, 3.8) is 0 Å². The van der Waals surface area contributed by atoms with Crippen LogP contribution < -0.4 is 10.6 Å². The van der Waals surface area contributed by atoms with Gasteiger partial charge in [-0.2, -0.15) is 0 Å². The predicted molar refractivity (Wildman–Crippen MR) is 108 cm³/mol. The number of carbonyl (C=O) groups is 4. The van der Waals surface area contributed by atoms with Gasteiger partial charge in [0.25, 0.3) is 0 Å². The molecule has 2 rings (SSSR count). The summed E-state index contributed by atoms with van der Waals surface area (Å²) in [6.45, 7) is 4.59. The monoisotopic (exact) mass is 415 g/mol. The van der Waals surface area contributed by atoms with Crippen molar-refractivity contribution >= 4 is 23.8 Å². The van der Waals surface area contributed by atoms with Crippen LogP contribution in [0.25, 0.3) is 0 Å². The minimum Gasteiger partial charge on any atom is -0.465 e. The van der Waals surface area contributed by atoms with E-state index in [4.69, 9.17) is 9.47 Å². The maximum Gasteiger partial charge on any atom is 0.339 e. The predicted octanol–water partition coefficient (Wildman–Crippen LogP) is 2.03. The molecule has 9 nitrogen and oxygen atoms in total. The zero-order valence-corrected chi connectivity index (χ0v) is 17.3. The van der Waals surface area contributed by atoms with Gasteiger partial charge < -0.3 is 25.1 Å². The molecule has 2 aromatic rings. The molecule has 0 fully saturated rings. The number of rotatable bonds is 8. The van der Waals surface area contributed by atoms with Gasteiger partial charge in [-0.25, -0.2) is 9.59 Å². The van der Waals surface area contributed by atoms with E-state index in [9.17, 15) is 19.2 Å². The number of benzene rings is 1. The summed E-state index contributed by atoms with van der Waals surface area (Å²) in [6, 6.07) is 8.76. The van der Waals surface area contributed by atoms with Crippen LogP contribution in [0.2, 0.25) is 0 Å². The third-order valence-electron chi connectivity index (χ3n) is 4.44. The lowest BCUT2D eigenvalue weighted by atomic mass is 10.1. The number of amides is 2. The van der Waals surface area contributed by atoms with E-state index in [0.29, 0.717) is 17.8 Å². The molecule has 3 N–H and O–H groups in total. The third kappa shape index (κ3) is 5.69. The lowest BCUT2D eigenvalue weighted by Gasteiger charge is -2.13. The van der Waals surface area contributed by atoms with E-state index in [-0.39, 0.29) is 11.3 Å². The molecule has 1 atom stereocenters. The summed E-state index contributed by atoms with van der Waals surface area (Å²) in [5.74, 6) is -1.82. The van der Waals surface area contributed by atoms with Crippen LogP contribution in [0.1, 0.15) is 44.6 Å². The summed E-state index contributed by atoms with van der Waals surface area (Å²) in [5.41, 5.74) is 2.26. The van der Waals surface area contributed by atoms with Crippen molar-refractivity contribution < 1.29 is 28.7 Å². The lowest BCUT2D eigenvalue weighted by Crippen LogP contribution is -2.39. The third-order valence-corrected chi connectivity index (χ3v) is 4.44. The molecule has 0 aliphatic carbocycles. The minimum absolute atomic E-state index is 0.168. The Hall–Kier alpha value is -3.62. The number of hydrogen-bond donors (Lipinski definition) is 3. The largest absolute Gasteiger partial charge is 0.465 e. The number of methoxy groups -OCH3 is 1. The molecule has 0 spiro atoms. The first kappa shape index (κ1) is 22.7. The fourth-order valence-electron chi connectivity index (χ4n) is 2.89. The van der Waals surface area contributed by atoms with Crippen molar-refractivity contribution in [3.8, 4) is 0 Å². The van der Waals surface area contributed by atoms with Crippen LogP contribution in [0.4, 0.5) is 4.79 Å². The van der Waals surface area contributed by atoms with E-state index in [0.717, 1.165) is 5.56 Å². The number of carbonyl (C=O) groups excluding carboxylic acids is 4.